The van der Waals surface area contributed by atoms with E-state index in [1.54, 1.807) is 24.3 Å². The molecule has 1 amide bonds. The van der Waals surface area contributed by atoms with E-state index in [9.17, 15) is 14.4 Å². The molecule has 0 bridgehead atoms. The molecule has 148 valence electrons. The fourth-order valence-corrected chi connectivity index (χ4v) is 2.81. The number of amides is 1. The molecule has 1 aromatic carbocycles. The maximum Gasteiger partial charge on any atom is 0.422 e. The lowest BCUT2D eigenvalue weighted by molar-refractivity contribution is 0.0527. The molecule has 0 aliphatic heterocycles. The van der Waals surface area contributed by atoms with Gasteiger partial charge in [-0.1, -0.05) is 31.4 Å². The van der Waals surface area contributed by atoms with E-state index in [0.717, 1.165) is 32.1 Å². The van der Waals surface area contributed by atoms with Crippen LogP contribution in [0.3, 0.4) is 0 Å². The molecular weight excluding hydrogens is 348 g/mol. The van der Waals surface area contributed by atoms with Crippen LogP contribution >= 0.6 is 0 Å². The van der Waals surface area contributed by atoms with Crippen LogP contribution in [0.4, 0.5) is 4.79 Å². The Labute approximate surface area is 158 Å². The van der Waals surface area contributed by atoms with Crippen LogP contribution < -0.4 is 16.7 Å². The molecule has 1 heterocycles. The van der Waals surface area contributed by atoms with Crippen molar-refractivity contribution in [3.05, 3.63) is 45.2 Å². The average molecular weight is 376 g/mol. The van der Waals surface area contributed by atoms with Crippen molar-refractivity contribution < 1.29 is 13.9 Å². The quantitative estimate of drug-likeness (QED) is 0.713. The second kappa shape index (κ2) is 9.39. The van der Waals surface area contributed by atoms with Gasteiger partial charge in [-0.15, -0.1) is 0 Å². The van der Waals surface area contributed by atoms with Gasteiger partial charge in [-0.3, -0.25) is 4.57 Å². The Balaban J connectivity index is 1.70. The summed E-state index contributed by atoms with van der Waals surface area (Å²) in [6, 6.07) is 6.97. The normalized spacial score (nSPS) is 11.5. The molecular formula is C20H28N2O5. The summed E-state index contributed by atoms with van der Waals surface area (Å²) in [7, 11) is 0. The Morgan fingerprint density at radius 3 is 2.48 bits per heavy atom. The first kappa shape index (κ1) is 20.7. The van der Waals surface area contributed by atoms with Crippen LogP contribution in [0.25, 0.3) is 10.9 Å². The summed E-state index contributed by atoms with van der Waals surface area (Å²) >= 11 is 0. The van der Waals surface area contributed by atoms with E-state index >= 15 is 0 Å². The largest absolute Gasteiger partial charge is 0.444 e. The van der Waals surface area contributed by atoms with Gasteiger partial charge in [0.15, 0.2) is 0 Å². The van der Waals surface area contributed by atoms with Gasteiger partial charge in [0, 0.05) is 13.1 Å². The molecule has 1 aromatic heterocycles. The van der Waals surface area contributed by atoms with Crippen molar-refractivity contribution in [3.63, 3.8) is 0 Å². The summed E-state index contributed by atoms with van der Waals surface area (Å²) in [5.41, 5.74) is -0.465. The number of carbonyl (C=O) groups is 1. The number of benzene rings is 1. The summed E-state index contributed by atoms with van der Waals surface area (Å²) < 4.78 is 11.5. The van der Waals surface area contributed by atoms with Crippen LogP contribution in [0.5, 0.6) is 0 Å². The molecule has 0 fully saturated rings. The number of ether oxygens (including phenoxy) is 1. The molecule has 0 radical (unpaired) electrons. The lowest BCUT2D eigenvalue weighted by atomic mass is 10.1. The van der Waals surface area contributed by atoms with Crippen molar-refractivity contribution in [2.24, 2.45) is 0 Å². The van der Waals surface area contributed by atoms with Gasteiger partial charge in [-0.25, -0.2) is 14.4 Å². The Kier molecular flexibility index (Phi) is 7.21. The number of aryl methyl sites for hydroxylation is 1. The molecule has 2 rings (SSSR count). The second-order valence-corrected chi connectivity index (χ2v) is 7.52. The van der Waals surface area contributed by atoms with Crippen molar-refractivity contribution in [3.8, 4) is 0 Å². The number of para-hydroxylation sites is 1. The number of nitrogens with one attached hydrogen (secondary N) is 1. The first-order valence-electron chi connectivity index (χ1n) is 9.37. The first-order valence-corrected chi connectivity index (χ1v) is 9.37. The number of aromatic nitrogens is 1. The molecule has 1 N–H and O–H groups in total. The molecule has 0 aliphatic carbocycles. The topological polar surface area (TPSA) is 90.5 Å². The SMILES string of the molecule is CC(C)(C)OC(=O)NCCCCCCCn1c(=O)oc(=O)c2ccccc21. The zero-order valence-electron chi connectivity index (χ0n) is 16.2. The maximum absolute atomic E-state index is 12.0. The van der Waals surface area contributed by atoms with E-state index < -0.39 is 17.0 Å². The van der Waals surface area contributed by atoms with E-state index in [1.165, 1.54) is 4.57 Å². The minimum Gasteiger partial charge on any atom is -0.444 e. The third-order valence-corrected chi connectivity index (χ3v) is 4.04. The second-order valence-electron chi connectivity index (χ2n) is 7.52. The van der Waals surface area contributed by atoms with E-state index in [4.69, 9.17) is 9.15 Å². The van der Waals surface area contributed by atoms with Crippen LogP contribution in [-0.2, 0) is 11.3 Å². The van der Waals surface area contributed by atoms with Gasteiger partial charge in [0.05, 0.1) is 10.9 Å². The molecule has 0 unspecified atom stereocenters. The van der Waals surface area contributed by atoms with E-state index in [2.05, 4.69) is 5.32 Å². The van der Waals surface area contributed by atoms with Crippen molar-refractivity contribution in [2.45, 2.75) is 65.0 Å². The summed E-state index contributed by atoms with van der Waals surface area (Å²) in [4.78, 5) is 35.2. The molecule has 0 spiro atoms. The van der Waals surface area contributed by atoms with Crippen LogP contribution in [0.2, 0.25) is 0 Å². The van der Waals surface area contributed by atoms with Crippen LogP contribution in [-0.4, -0.2) is 22.8 Å². The molecule has 0 saturated carbocycles. The summed E-state index contributed by atoms with van der Waals surface area (Å²) in [6.45, 7) is 6.60. The smallest absolute Gasteiger partial charge is 0.422 e. The first-order chi connectivity index (χ1) is 12.8. The molecule has 7 heteroatoms. The van der Waals surface area contributed by atoms with Crippen LogP contribution in [0.15, 0.2) is 38.3 Å². The van der Waals surface area contributed by atoms with Crippen LogP contribution in [0, 0.1) is 0 Å². The minimum absolute atomic E-state index is 0.390. The molecule has 7 nitrogen and oxygen atoms in total. The van der Waals surface area contributed by atoms with Gasteiger partial charge in [-0.05, 0) is 45.7 Å². The number of fused-ring (bicyclic) bond motifs is 1. The monoisotopic (exact) mass is 376 g/mol. The Morgan fingerprint density at radius 2 is 1.74 bits per heavy atom. The highest BCUT2D eigenvalue weighted by Gasteiger charge is 2.15. The third kappa shape index (κ3) is 6.58. The van der Waals surface area contributed by atoms with Crippen molar-refractivity contribution >= 4 is 17.0 Å². The number of hydrogen-bond acceptors (Lipinski definition) is 5. The zero-order chi connectivity index (χ0) is 19.9. The average Bonchev–Trinajstić information content (AvgIpc) is 2.58. The number of carbonyl (C=O) groups excluding carboxylic acids is 1. The van der Waals surface area contributed by atoms with Crippen molar-refractivity contribution in [2.75, 3.05) is 6.54 Å². The number of hydrogen-bond donors (Lipinski definition) is 1. The van der Waals surface area contributed by atoms with E-state index in [1.807, 2.05) is 20.8 Å². The highest BCUT2D eigenvalue weighted by atomic mass is 16.6. The summed E-state index contributed by atoms with van der Waals surface area (Å²) in [6.07, 6.45) is 4.24. The highest BCUT2D eigenvalue weighted by Crippen LogP contribution is 2.10. The van der Waals surface area contributed by atoms with Gasteiger partial charge < -0.3 is 14.5 Å². The van der Waals surface area contributed by atoms with Gasteiger partial charge in [0.2, 0.25) is 0 Å². The Bertz CT molecular complexity index is 876. The lowest BCUT2D eigenvalue weighted by Gasteiger charge is -2.19. The van der Waals surface area contributed by atoms with Gasteiger partial charge in [-0.2, -0.15) is 0 Å². The van der Waals surface area contributed by atoms with Gasteiger partial charge >= 0.3 is 17.5 Å². The molecule has 27 heavy (non-hydrogen) atoms. The van der Waals surface area contributed by atoms with Gasteiger partial charge in [0.1, 0.15) is 5.60 Å². The fourth-order valence-electron chi connectivity index (χ4n) is 2.81. The highest BCUT2D eigenvalue weighted by molar-refractivity contribution is 5.77. The number of nitrogens with zero attached hydrogens (tertiary/aromatic N) is 1. The predicted octanol–water partition coefficient (Wildman–Crippen LogP) is 3.43. The predicted molar refractivity (Wildman–Crippen MR) is 104 cm³/mol. The maximum atomic E-state index is 12.0. The Hall–Kier alpha value is -2.57. The summed E-state index contributed by atoms with van der Waals surface area (Å²) in [5, 5.41) is 3.16. The minimum atomic E-state index is -0.611. The van der Waals surface area contributed by atoms with Crippen LogP contribution in [0.1, 0.15) is 52.9 Å². The van der Waals surface area contributed by atoms with Crippen molar-refractivity contribution in [1.29, 1.82) is 0 Å². The third-order valence-electron chi connectivity index (χ3n) is 4.04. The standard InChI is InChI=1S/C20H28N2O5/c1-20(2,3)27-18(24)21-13-9-5-4-6-10-14-22-16-12-8-7-11-15(16)17(23)26-19(22)25/h7-8,11-12H,4-6,9-10,13-14H2,1-3H3,(H,21,24). The van der Waals surface area contributed by atoms with E-state index in [-0.39, 0.29) is 6.09 Å². The molecule has 2 aromatic rings. The fraction of sp³-hybridized carbons (Fsp3) is 0.550. The lowest BCUT2D eigenvalue weighted by Crippen LogP contribution is -2.32. The molecule has 0 saturated heterocycles. The molecule has 0 aliphatic rings. The van der Waals surface area contributed by atoms with Gasteiger partial charge in [0.25, 0.3) is 0 Å². The molecule has 0 atom stereocenters. The van der Waals surface area contributed by atoms with Crippen molar-refractivity contribution in [1.82, 2.24) is 9.88 Å². The number of unbranched alkanes of at least 4 members (excludes halogenated alkanes) is 4. The number of rotatable bonds is 8. The Morgan fingerprint density at radius 1 is 1.07 bits per heavy atom. The zero-order valence-corrected chi connectivity index (χ0v) is 16.2. The number of alkyl carbamates (subject to hydrolysis) is 1. The summed E-state index contributed by atoms with van der Waals surface area (Å²) in [5.74, 6) is -0.611. The van der Waals surface area contributed by atoms with E-state index in [0.29, 0.717) is 24.0 Å².